The van der Waals surface area contributed by atoms with Crippen LogP contribution in [0.25, 0.3) is 10.9 Å². The van der Waals surface area contributed by atoms with E-state index in [4.69, 9.17) is 4.74 Å². The van der Waals surface area contributed by atoms with E-state index in [1.807, 2.05) is 0 Å². The molecule has 0 bridgehead atoms. The Hall–Kier alpha value is -2.94. The lowest BCUT2D eigenvalue weighted by Crippen LogP contribution is -2.14. The maximum atomic E-state index is 13.2. The van der Waals surface area contributed by atoms with Gasteiger partial charge >= 0.3 is 6.09 Å². The molecule has 1 aromatic heterocycles. The van der Waals surface area contributed by atoms with Crippen molar-refractivity contribution in [2.45, 2.75) is 30.6 Å². The summed E-state index contributed by atoms with van der Waals surface area (Å²) < 4.78 is 45.0. The third-order valence-electron chi connectivity index (χ3n) is 5.39. The normalized spacial score (nSPS) is 14.9. The Balaban J connectivity index is 1.76. The van der Waals surface area contributed by atoms with Gasteiger partial charge in [0.2, 0.25) is 0 Å². The second-order valence-corrected chi connectivity index (χ2v) is 9.51. The summed E-state index contributed by atoms with van der Waals surface area (Å²) in [6, 6.07) is 10.2. The number of aromatic nitrogens is 2. The van der Waals surface area contributed by atoms with Crippen molar-refractivity contribution in [1.82, 2.24) is 9.78 Å². The van der Waals surface area contributed by atoms with Crippen molar-refractivity contribution in [3.63, 3.8) is 0 Å². The van der Waals surface area contributed by atoms with Crippen LogP contribution >= 0.6 is 0 Å². The second-order valence-electron chi connectivity index (χ2n) is 7.47. The van der Waals surface area contributed by atoms with E-state index in [9.17, 15) is 17.6 Å². The Labute approximate surface area is 173 Å². The molecule has 4 rings (SSSR count). The van der Waals surface area contributed by atoms with Gasteiger partial charge in [0.05, 0.1) is 23.3 Å². The molecule has 1 aliphatic carbocycles. The van der Waals surface area contributed by atoms with Gasteiger partial charge in [0.15, 0.2) is 15.7 Å². The van der Waals surface area contributed by atoms with Gasteiger partial charge in [0.1, 0.15) is 5.82 Å². The fourth-order valence-corrected chi connectivity index (χ4v) is 5.58. The smallest absolute Gasteiger partial charge is 0.435 e. The second kappa shape index (κ2) is 8.06. The number of nitrogens with zero attached hydrogens (tertiary/aromatic N) is 2. The van der Waals surface area contributed by atoms with Crippen LogP contribution in [0.4, 0.5) is 20.7 Å². The van der Waals surface area contributed by atoms with Crippen molar-refractivity contribution in [2.75, 3.05) is 18.2 Å². The van der Waals surface area contributed by atoms with Gasteiger partial charge in [-0.2, -0.15) is 4.68 Å². The zero-order chi connectivity index (χ0) is 21.3. The van der Waals surface area contributed by atoms with E-state index < -0.39 is 15.9 Å². The molecule has 1 fully saturated rings. The van der Waals surface area contributed by atoms with Gasteiger partial charge in [-0.15, -0.1) is 5.10 Å². The quantitative estimate of drug-likeness (QED) is 0.640. The molecule has 0 amide bonds. The van der Waals surface area contributed by atoms with Crippen molar-refractivity contribution in [3.05, 3.63) is 48.3 Å². The van der Waals surface area contributed by atoms with Crippen molar-refractivity contribution >= 4 is 38.3 Å². The molecule has 0 aliphatic heterocycles. The molecule has 1 aliphatic rings. The van der Waals surface area contributed by atoms with E-state index in [0.717, 1.165) is 30.4 Å². The van der Waals surface area contributed by atoms with E-state index in [1.165, 1.54) is 43.5 Å². The van der Waals surface area contributed by atoms with E-state index in [-0.39, 0.29) is 28.2 Å². The third-order valence-corrected chi connectivity index (χ3v) is 7.28. The summed E-state index contributed by atoms with van der Waals surface area (Å²) in [7, 11) is -2.24. The first-order valence-electron chi connectivity index (χ1n) is 9.74. The third kappa shape index (κ3) is 4.02. The van der Waals surface area contributed by atoms with Crippen LogP contribution in [-0.2, 0) is 14.6 Å². The van der Waals surface area contributed by atoms with Crippen LogP contribution in [-0.4, -0.2) is 37.2 Å². The topological polar surface area (TPSA) is 90.3 Å². The van der Waals surface area contributed by atoms with Crippen molar-refractivity contribution in [2.24, 2.45) is 5.92 Å². The zero-order valence-electron chi connectivity index (χ0n) is 16.5. The summed E-state index contributed by atoms with van der Waals surface area (Å²) >= 11 is 0. The van der Waals surface area contributed by atoms with Gasteiger partial charge < -0.3 is 10.1 Å². The fourth-order valence-electron chi connectivity index (χ4n) is 3.86. The molecule has 1 N–H and O–H groups in total. The molecular formula is C21H22FN3O4S. The van der Waals surface area contributed by atoms with Crippen LogP contribution < -0.4 is 5.32 Å². The van der Waals surface area contributed by atoms with E-state index in [1.54, 1.807) is 6.07 Å². The van der Waals surface area contributed by atoms with Crippen molar-refractivity contribution < 1.29 is 22.3 Å². The van der Waals surface area contributed by atoms with E-state index in [0.29, 0.717) is 16.6 Å². The van der Waals surface area contributed by atoms with Crippen LogP contribution in [0.3, 0.4) is 0 Å². The molecule has 0 saturated heterocycles. The predicted octanol–water partition coefficient (Wildman–Crippen LogP) is 4.50. The SMILES string of the molecule is COC(=O)n1nc(Nc2ccc(F)cc2)c2cc(S(=O)(=O)CC3CCCC3)ccc21. The van der Waals surface area contributed by atoms with Crippen molar-refractivity contribution in [1.29, 1.82) is 0 Å². The molecule has 0 atom stereocenters. The lowest BCUT2D eigenvalue weighted by Gasteiger charge is -2.10. The molecule has 0 unspecified atom stereocenters. The Morgan fingerprint density at radius 1 is 1.20 bits per heavy atom. The summed E-state index contributed by atoms with van der Waals surface area (Å²) in [5, 5.41) is 7.73. The number of fused-ring (bicyclic) bond motifs is 1. The number of hydrogen-bond acceptors (Lipinski definition) is 6. The molecule has 158 valence electrons. The first kappa shape index (κ1) is 20.3. The van der Waals surface area contributed by atoms with Crippen LogP contribution in [0.5, 0.6) is 0 Å². The molecular weight excluding hydrogens is 409 g/mol. The minimum absolute atomic E-state index is 0.115. The van der Waals surface area contributed by atoms with E-state index in [2.05, 4.69) is 10.4 Å². The highest BCUT2D eigenvalue weighted by molar-refractivity contribution is 7.91. The summed E-state index contributed by atoms with van der Waals surface area (Å²) in [6.45, 7) is 0. The van der Waals surface area contributed by atoms with Gasteiger partial charge in [-0.1, -0.05) is 12.8 Å². The van der Waals surface area contributed by atoms with Gasteiger partial charge in [0, 0.05) is 11.1 Å². The molecule has 1 saturated carbocycles. The highest BCUT2D eigenvalue weighted by atomic mass is 32.2. The molecule has 0 spiro atoms. The predicted molar refractivity (Wildman–Crippen MR) is 111 cm³/mol. The maximum Gasteiger partial charge on any atom is 0.435 e. The number of methoxy groups -OCH3 is 1. The maximum absolute atomic E-state index is 13.2. The first-order valence-corrected chi connectivity index (χ1v) is 11.4. The monoisotopic (exact) mass is 431 g/mol. The number of hydrogen-bond donors (Lipinski definition) is 1. The Bertz CT molecular complexity index is 1180. The standard InChI is InChI=1S/C21H22FN3O4S/c1-29-21(26)25-19-11-10-17(30(27,28)13-14-4-2-3-5-14)12-18(19)20(24-25)23-16-8-6-15(22)7-9-16/h6-12,14H,2-5,13H2,1H3,(H,23,24). The van der Waals surface area contributed by atoms with Crippen LogP contribution in [0.1, 0.15) is 25.7 Å². The summed E-state index contributed by atoms with van der Waals surface area (Å²) in [4.78, 5) is 12.3. The zero-order valence-corrected chi connectivity index (χ0v) is 17.3. The Morgan fingerprint density at radius 2 is 1.90 bits per heavy atom. The summed E-state index contributed by atoms with van der Waals surface area (Å²) in [6.07, 6.45) is 3.29. The van der Waals surface area contributed by atoms with Crippen molar-refractivity contribution in [3.8, 4) is 0 Å². The number of nitrogens with one attached hydrogen (secondary N) is 1. The largest absolute Gasteiger partial charge is 0.451 e. The lowest BCUT2D eigenvalue weighted by molar-refractivity contribution is 0.170. The van der Waals surface area contributed by atoms with Crippen LogP contribution in [0.15, 0.2) is 47.4 Å². The molecule has 30 heavy (non-hydrogen) atoms. The van der Waals surface area contributed by atoms with Gasteiger partial charge in [0.25, 0.3) is 0 Å². The number of benzene rings is 2. The number of sulfone groups is 1. The number of carbonyl (C=O) groups is 1. The molecule has 1 heterocycles. The van der Waals surface area contributed by atoms with Crippen LogP contribution in [0, 0.1) is 11.7 Å². The number of ether oxygens (including phenoxy) is 1. The average Bonchev–Trinajstić information content (AvgIpc) is 3.36. The average molecular weight is 431 g/mol. The number of carbonyl (C=O) groups excluding carboxylic acids is 1. The minimum Gasteiger partial charge on any atom is -0.451 e. The van der Waals surface area contributed by atoms with E-state index >= 15 is 0 Å². The van der Waals surface area contributed by atoms with Crippen LogP contribution in [0.2, 0.25) is 0 Å². The Kier molecular flexibility index (Phi) is 5.46. The highest BCUT2D eigenvalue weighted by Crippen LogP contribution is 2.32. The number of halogens is 1. The minimum atomic E-state index is -3.48. The number of rotatable bonds is 5. The van der Waals surface area contributed by atoms with Gasteiger partial charge in [-0.25, -0.2) is 17.6 Å². The molecule has 7 nitrogen and oxygen atoms in total. The highest BCUT2D eigenvalue weighted by Gasteiger charge is 2.26. The fraction of sp³-hybridized carbons (Fsp3) is 0.333. The molecule has 0 radical (unpaired) electrons. The molecule has 2 aromatic carbocycles. The number of anilines is 2. The molecule has 9 heteroatoms. The Morgan fingerprint density at radius 3 is 2.57 bits per heavy atom. The lowest BCUT2D eigenvalue weighted by atomic mass is 10.1. The first-order chi connectivity index (χ1) is 14.4. The van der Waals surface area contributed by atoms with Gasteiger partial charge in [-0.3, -0.25) is 0 Å². The van der Waals surface area contributed by atoms with Gasteiger partial charge in [-0.05, 0) is 61.2 Å². The summed E-state index contributed by atoms with van der Waals surface area (Å²) in [5.74, 6) is 0.190. The molecule has 3 aromatic rings. The summed E-state index contributed by atoms with van der Waals surface area (Å²) in [5.41, 5.74) is 0.957.